The second kappa shape index (κ2) is 6.67. The van der Waals surface area contributed by atoms with Crippen molar-refractivity contribution in [2.45, 2.75) is 6.61 Å². The first-order valence-corrected chi connectivity index (χ1v) is 7.83. The molecule has 0 fully saturated rings. The summed E-state index contributed by atoms with van der Waals surface area (Å²) in [6.07, 6.45) is 3.64. The number of hydrogen-bond donors (Lipinski definition) is 0. The van der Waals surface area contributed by atoms with E-state index in [1.165, 1.54) is 36.6 Å². The van der Waals surface area contributed by atoms with Crippen LogP contribution in [-0.4, -0.2) is 26.8 Å². The Morgan fingerprint density at radius 3 is 2.88 bits per heavy atom. The predicted molar refractivity (Wildman–Crippen MR) is 88.3 cm³/mol. The minimum atomic E-state index is -0.479. The zero-order chi connectivity index (χ0) is 17.1. The van der Waals surface area contributed by atoms with Crippen molar-refractivity contribution in [1.29, 1.82) is 0 Å². The van der Waals surface area contributed by atoms with E-state index in [1.807, 2.05) is 18.6 Å². The zero-order valence-corrected chi connectivity index (χ0v) is 13.8. The lowest BCUT2D eigenvalue weighted by Crippen LogP contribution is -1.99. The van der Waals surface area contributed by atoms with Gasteiger partial charge in [0.15, 0.2) is 11.5 Å². The third-order valence-corrected chi connectivity index (χ3v) is 4.18. The standard InChI is InChI=1S/C15H14N4O4S/c1-18-7-10(6-16-18)15-17-11(9-24-15)8-23-13-4-3-12(19(20)21)5-14(13)22-2/h3-7,9H,8H2,1-2H3. The minimum absolute atomic E-state index is 0.0493. The van der Waals surface area contributed by atoms with Crippen LogP contribution in [0.25, 0.3) is 10.6 Å². The molecule has 0 atom stereocenters. The van der Waals surface area contributed by atoms with E-state index in [4.69, 9.17) is 9.47 Å². The Kier molecular flexibility index (Phi) is 4.43. The average Bonchev–Trinajstić information content (AvgIpc) is 3.21. The van der Waals surface area contributed by atoms with Crippen LogP contribution in [0.5, 0.6) is 11.5 Å². The number of hydrogen-bond acceptors (Lipinski definition) is 7. The Morgan fingerprint density at radius 2 is 2.21 bits per heavy atom. The molecule has 0 aliphatic rings. The van der Waals surface area contributed by atoms with Crippen LogP contribution in [-0.2, 0) is 13.7 Å². The third-order valence-electron chi connectivity index (χ3n) is 3.24. The fourth-order valence-electron chi connectivity index (χ4n) is 2.08. The molecule has 0 saturated heterocycles. The van der Waals surface area contributed by atoms with Gasteiger partial charge in [0, 0.05) is 30.3 Å². The van der Waals surface area contributed by atoms with Crippen molar-refractivity contribution in [3.63, 3.8) is 0 Å². The van der Waals surface area contributed by atoms with Crippen LogP contribution in [0.4, 0.5) is 5.69 Å². The maximum Gasteiger partial charge on any atom is 0.273 e. The van der Waals surface area contributed by atoms with Gasteiger partial charge in [-0.2, -0.15) is 5.10 Å². The molecule has 0 bridgehead atoms. The van der Waals surface area contributed by atoms with Gasteiger partial charge in [0.2, 0.25) is 0 Å². The topological polar surface area (TPSA) is 92.3 Å². The number of rotatable bonds is 6. The summed E-state index contributed by atoms with van der Waals surface area (Å²) in [6, 6.07) is 4.22. The highest BCUT2D eigenvalue weighted by molar-refractivity contribution is 7.13. The molecule has 0 N–H and O–H groups in total. The van der Waals surface area contributed by atoms with Gasteiger partial charge in [-0.15, -0.1) is 11.3 Å². The van der Waals surface area contributed by atoms with Gasteiger partial charge in [0.05, 0.1) is 30.0 Å². The second-order valence-electron chi connectivity index (χ2n) is 4.93. The van der Waals surface area contributed by atoms with E-state index in [1.54, 1.807) is 10.9 Å². The average molecular weight is 346 g/mol. The van der Waals surface area contributed by atoms with E-state index >= 15 is 0 Å². The molecule has 8 nitrogen and oxygen atoms in total. The van der Waals surface area contributed by atoms with Gasteiger partial charge < -0.3 is 9.47 Å². The lowest BCUT2D eigenvalue weighted by Gasteiger charge is -2.09. The van der Waals surface area contributed by atoms with Crippen molar-refractivity contribution >= 4 is 17.0 Å². The second-order valence-corrected chi connectivity index (χ2v) is 5.79. The summed E-state index contributed by atoms with van der Waals surface area (Å²) in [5.74, 6) is 0.742. The number of nitro benzene ring substituents is 1. The van der Waals surface area contributed by atoms with E-state index in [0.29, 0.717) is 11.5 Å². The lowest BCUT2D eigenvalue weighted by molar-refractivity contribution is -0.385. The Bertz CT molecular complexity index is 874. The smallest absolute Gasteiger partial charge is 0.273 e. The SMILES string of the molecule is COc1cc([N+](=O)[O-])ccc1OCc1csc(-c2cnn(C)c2)n1. The number of thiazole rings is 1. The Morgan fingerprint density at radius 1 is 1.38 bits per heavy atom. The monoisotopic (exact) mass is 346 g/mol. The quantitative estimate of drug-likeness (QED) is 0.503. The highest BCUT2D eigenvalue weighted by Crippen LogP contribution is 2.32. The Labute approximate surface area is 141 Å². The molecule has 0 radical (unpaired) electrons. The summed E-state index contributed by atoms with van der Waals surface area (Å²) in [4.78, 5) is 14.8. The van der Waals surface area contributed by atoms with Crippen LogP contribution in [0.15, 0.2) is 36.0 Å². The largest absolute Gasteiger partial charge is 0.493 e. The Hall–Kier alpha value is -2.94. The van der Waals surface area contributed by atoms with Crippen molar-refractivity contribution in [3.05, 3.63) is 51.8 Å². The van der Waals surface area contributed by atoms with Crippen LogP contribution < -0.4 is 9.47 Å². The predicted octanol–water partition coefficient (Wildman–Crippen LogP) is 3.04. The van der Waals surface area contributed by atoms with Crippen molar-refractivity contribution < 1.29 is 14.4 Å². The van der Waals surface area contributed by atoms with Crippen LogP contribution in [0.3, 0.4) is 0 Å². The molecule has 9 heteroatoms. The fourth-order valence-corrected chi connectivity index (χ4v) is 2.86. The number of benzene rings is 1. The van der Waals surface area contributed by atoms with Crippen molar-refractivity contribution in [2.24, 2.45) is 7.05 Å². The molecule has 124 valence electrons. The summed E-state index contributed by atoms with van der Waals surface area (Å²) in [6.45, 7) is 0.241. The normalized spacial score (nSPS) is 10.6. The van der Waals surface area contributed by atoms with E-state index < -0.39 is 4.92 Å². The number of nitrogens with zero attached hydrogens (tertiary/aromatic N) is 4. The molecule has 1 aromatic carbocycles. The van der Waals surface area contributed by atoms with Crippen molar-refractivity contribution in [1.82, 2.24) is 14.8 Å². The first kappa shape index (κ1) is 15.9. The molecular formula is C15H14N4O4S. The molecule has 0 spiro atoms. The van der Waals surface area contributed by atoms with Gasteiger partial charge in [-0.1, -0.05) is 0 Å². The molecular weight excluding hydrogens is 332 g/mol. The molecule has 0 saturated carbocycles. The number of aryl methyl sites for hydroxylation is 1. The number of non-ortho nitro benzene ring substituents is 1. The fraction of sp³-hybridized carbons (Fsp3) is 0.200. The molecule has 2 heterocycles. The van der Waals surface area contributed by atoms with Gasteiger partial charge in [0.25, 0.3) is 5.69 Å². The van der Waals surface area contributed by atoms with Crippen LogP contribution in [0, 0.1) is 10.1 Å². The van der Waals surface area contributed by atoms with E-state index in [-0.39, 0.29) is 12.3 Å². The Balaban J connectivity index is 1.72. The maximum absolute atomic E-state index is 10.8. The zero-order valence-electron chi connectivity index (χ0n) is 13.0. The van der Waals surface area contributed by atoms with E-state index in [2.05, 4.69) is 10.1 Å². The van der Waals surface area contributed by atoms with Gasteiger partial charge in [0.1, 0.15) is 11.6 Å². The van der Waals surface area contributed by atoms with Crippen molar-refractivity contribution in [2.75, 3.05) is 7.11 Å². The van der Waals surface area contributed by atoms with Gasteiger partial charge in [-0.3, -0.25) is 14.8 Å². The molecule has 0 amide bonds. The first-order valence-electron chi connectivity index (χ1n) is 6.95. The minimum Gasteiger partial charge on any atom is -0.493 e. The summed E-state index contributed by atoms with van der Waals surface area (Å²) >= 11 is 1.50. The first-order chi connectivity index (χ1) is 11.6. The van der Waals surface area contributed by atoms with Crippen LogP contribution in [0.1, 0.15) is 5.69 Å². The highest BCUT2D eigenvalue weighted by atomic mass is 32.1. The van der Waals surface area contributed by atoms with E-state index in [9.17, 15) is 10.1 Å². The maximum atomic E-state index is 10.8. The summed E-state index contributed by atoms with van der Waals surface area (Å²) in [5.41, 5.74) is 1.66. The molecule has 24 heavy (non-hydrogen) atoms. The number of methoxy groups -OCH3 is 1. The van der Waals surface area contributed by atoms with Crippen molar-refractivity contribution in [3.8, 4) is 22.1 Å². The number of ether oxygens (including phenoxy) is 2. The summed E-state index contributed by atoms with van der Waals surface area (Å²) < 4.78 is 12.5. The molecule has 0 unspecified atom stereocenters. The molecule has 2 aromatic heterocycles. The van der Waals surface area contributed by atoms with Gasteiger partial charge >= 0.3 is 0 Å². The third kappa shape index (κ3) is 3.35. The van der Waals surface area contributed by atoms with Crippen LogP contribution >= 0.6 is 11.3 Å². The van der Waals surface area contributed by atoms with Gasteiger partial charge in [-0.25, -0.2) is 4.98 Å². The molecule has 0 aliphatic heterocycles. The molecule has 3 aromatic rings. The molecule has 3 rings (SSSR count). The number of nitro groups is 1. The lowest BCUT2D eigenvalue weighted by atomic mass is 10.3. The summed E-state index contributed by atoms with van der Waals surface area (Å²) in [7, 11) is 3.29. The van der Waals surface area contributed by atoms with Gasteiger partial charge in [-0.05, 0) is 6.07 Å². The number of aromatic nitrogens is 3. The highest BCUT2D eigenvalue weighted by Gasteiger charge is 2.13. The van der Waals surface area contributed by atoms with Crippen LogP contribution in [0.2, 0.25) is 0 Å². The summed E-state index contributed by atoms with van der Waals surface area (Å²) in [5, 5.41) is 17.7. The molecule has 0 aliphatic carbocycles. The van der Waals surface area contributed by atoms with E-state index in [0.717, 1.165) is 16.3 Å².